The van der Waals surface area contributed by atoms with Crippen molar-refractivity contribution in [2.75, 3.05) is 12.4 Å². The molecule has 2 aromatic carbocycles. The second-order valence-electron chi connectivity index (χ2n) is 5.98. The van der Waals surface area contributed by atoms with Crippen molar-refractivity contribution in [2.24, 2.45) is 0 Å². The summed E-state index contributed by atoms with van der Waals surface area (Å²) in [5.41, 5.74) is 4.99. The second kappa shape index (κ2) is 10.9. The average Bonchev–Trinajstić information content (AvgIpc) is 2.72. The van der Waals surface area contributed by atoms with Gasteiger partial charge in [-0.25, -0.2) is 0 Å². The van der Waals surface area contributed by atoms with Gasteiger partial charge in [0.1, 0.15) is 0 Å². The van der Waals surface area contributed by atoms with Crippen molar-refractivity contribution >= 4 is 35.0 Å². The van der Waals surface area contributed by atoms with Crippen molar-refractivity contribution in [1.29, 1.82) is 0 Å². The standard InChI is InChI=1S/C20H22ClN3O5/c1-13(29-17-10-6-5-9-16(17)28-2)20(27)24-23-19(26)12-11-18(25)22-15-8-4-3-7-14(15)21/h3-10,13H,11-12H2,1-2H3,(H,22,25)(H,23,26)(H,24,27). The summed E-state index contributed by atoms with van der Waals surface area (Å²) < 4.78 is 10.7. The molecular formula is C20H22ClN3O5. The fraction of sp³-hybridized carbons (Fsp3) is 0.250. The lowest BCUT2D eigenvalue weighted by molar-refractivity contribution is -0.133. The van der Waals surface area contributed by atoms with Crippen LogP contribution in [0.15, 0.2) is 48.5 Å². The molecule has 2 rings (SSSR count). The summed E-state index contributed by atoms with van der Waals surface area (Å²) in [4.78, 5) is 35.9. The molecule has 0 radical (unpaired) electrons. The monoisotopic (exact) mass is 419 g/mol. The third-order valence-electron chi connectivity index (χ3n) is 3.79. The van der Waals surface area contributed by atoms with Gasteiger partial charge in [0.15, 0.2) is 17.6 Å². The Morgan fingerprint density at radius 3 is 2.24 bits per heavy atom. The summed E-state index contributed by atoms with van der Waals surface area (Å²) >= 11 is 5.96. The second-order valence-corrected chi connectivity index (χ2v) is 6.38. The molecule has 3 N–H and O–H groups in total. The number of carbonyl (C=O) groups is 3. The molecule has 0 saturated heterocycles. The van der Waals surface area contributed by atoms with E-state index in [0.29, 0.717) is 22.2 Å². The minimum Gasteiger partial charge on any atom is -0.493 e. The van der Waals surface area contributed by atoms with Crippen molar-refractivity contribution in [2.45, 2.75) is 25.9 Å². The third kappa shape index (κ3) is 7.00. The number of nitrogens with one attached hydrogen (secondary N) is 3. The number of hydrogen-bond acceptors (Lipinski definition) is 5. The highest BCUT2D eigenvalue weighted by Crippen LogP contribution is 2.26. The Hall–Kier alpha value is -3.26. The Morgan fingerprint density at radius 2 is 1.55 bits per heavy atom. The first kappa shape index (κ1) is 22.0. The zero-order valence-electron chi connectivity index (χ0n) is 16.0. The molecule has 2 aromatic rings. The molecule has 29 heavy (non-hydrogen) atoms. The van der Waals surface area contributed by atoms with E-state index in [9.17, 15) is 14.4 Å². The lowest BCUT2D eigenvalue weighted by Crippen LogP contribution is -2.47. The molecule has 0 bridgehead atoms. The van der Waals surface area contributed by atoms with Crippen LogP contribution in [0, 0.1) is 0 Å². The van der Waals surface area contributed by atoms with E-state index in [0.717, 1.165) is 0 Å². The summed E-state index contributed by atoms with van der Waals surface area (Å²) in [6.07, 6.45) is -1.06. The van der Waals surface area contributed by atoms with Crippen LogP contribution in [0.3, 0.4) is 0 Å². The summed E-state index contributed by atoms with van der Waals surface area (Å²) in [5.74, 6) is -0.546. The number of amides is 3. The molecule has 1 atom stereocenters. The molecule has 9 heteroatoms. The predicted molar refractivity (Wildman–Crippen MR) is 109 cm³/mol. The number of benzene rings is 2. The van der Waals surface area contributed by atoms with Crippen LogP contribution in [0.5, 0.6) is 11.5 Å². The lowest BCUT2D eigenvalue weighted by Gasteiger charge is -2.16. The minimum absolute atomic E-state index is 0.0693. The summed E-state index contributed by atoms with van der Waals surface area (Å²) in [5, 5.41) is 3.02. The van der Waals surface area contributed by atoms with E-state index in [4.69, 9.17) is 21.1 Å². The molecule has 0 saturated carbocycles. The molecule has 0 aromatic heterocycles. The maximum atomic E-state index is 12.1. The number of ether oxygens (including phenoxy) is 2. The van der Waals surface area contributed by atoms with Gasteiger partial charge in [-0.3, -0.25) is 25.2 Å². The first-order valence-corrected chi connectivity index (χ1v) is 9.21. The van der Waals surface area contributed by atoms with E-state index < -0.39 is 17.9 Å². The fourth-order valence-corrected chi connectivity index (χ4v) is 2.44. The van der Waals surface area contributed by atoms with E-state index >= 15 is 0 Å². The molecular weight excluding hydrogens is 398 g/mol. The number of para-hydroxylation sites is 3. The third-order valence-corrected chi connectivity index (χ3v) is 4.12. The SMILES string of the molecule is COc1ccccc1OC(C)C(=O)NNC(=O)CCC(=O)Nc1ccccc1Cl. The molecule has 0 aliphatic heterocycles. The van der Waals surface area contributed by atoms with Gasteiger partial charge in [-0.15, -0.1) is 0 Å². The smallest absolute Gasteiger partial charge is 0.279 e. The normalized spacial score (nSPS) is 11.1. The number of carbonyl (C=O) groups excluding carboxylic acids is 3. The van der Waals surface area contributed by atoms with Crippen LogP contribution in [-0.2, 0) is 14.4 Å². The molecule has 0 fully saturated rings. The largest absolute Gasteiger partial charge is 0.493 e. The molecule has 0 aliphatic rings. The first-order chi connectivity index (χ1) is 13.9. The molecule has 3 amide bonds. The summed E-state index contributed by atoms with van der Waals surface area (Å²) in [6, 6.07) is 13.7. The van der Waals surface area contributed by atoms with Crippen LogP contribution in [0.1, 0.15) is 19.8 Å². The van der Waals surface area contributed by atoms with Crippen LogP contribution < -0.4 is 25.6 Å². The maximum absolute atomic E-state index is 12.1. The van der Waals surface area contributed by atoms with E-state index in [-0.39, 0.29) is 18.7 Å². The molecule has 1 unspecified atom stereocenters. The maximum Gasteiger partial charge on any atom is 0.279 e. The number of anilines is 1. The van der Waals surface area contributed by atoms with Crippen LogP contribution in [0.4, 0.5) is 5.69 Å². The van der Waals surface area contributed by atoms with E-state index in [1.54, 1.807) is 48.5 Å². The highest BCUT2D eigenvalue weighted by molar-refractivity contribution is 6.33. The van der Waals surface area contributed by atoms with Crippen molar-refractivity contribution in [3.05, 3.63) is 53.6 Å². The number of hydrazine groups is 1. The van der Waals surface area contributed by atoms with Gasteiger partial charge in [-0.1, -0.05) is 35.9 Å². The van der Waals surface area contributed by atoms with Gasteiger partial charge in [-0.2, -0.15) is 0 Å². The molecule has 154 valence electrons. The number of methoxy groups -OCH3 is 1. The number of halogens is 1. The molecule has 8 nitrogen and oxygen atoms in total. The fourth-order valence-electron chi connectivity index (χ4n) is 2.26. The Bertz CT molecular complexity index is 875. The Balaban J connectivity index is 1.73. The van der Waals surface area contributed by atoms with Crippen LogP contribution >= 0.6 is 11.6 Å². The summed E-state index contributed by atoms with van der Waals surface area (Å²) in [6.45, 7) is 1.53. The topological polar surface area (TPSA) is 106 Å². The highest BCUT2D eigenvalue weighted by atomic mass is 35.5. The highest BCUT2D eigenvalue weighted by Gasteiger charge is 2.17. The van der Waals surface area contributed by atoms with Gasteiger partial charge in [0, 0.05) is 12.8 Å². The van der Waals surface area contributed by atoms with Crippen LogP contribution in [0.25, 0.3) is 0 Å². The van der Waals surface area contributed by atoms with Gasteiger partial charge < -0.3 is 14.8 Å². The van der Waals surface area contributed by atoms with Crippen molar-refractivity contribution in [3.63, 3.8) is 0 Å². The van der Waals surface area contributed by atoms with E-state index in [2.05, 4.69) is 16.2 Å². The van der Waals surface area contributed by atoms with Gasteiger partial charge in [0.05, 0.1) is 17.8 Å². The van der Waals surface area contributed by atoms with Crippen LogP contribution in [0.2, 0.25) is 5.02 Å². The molecule has 0 aliphatic carbocycles. The molecule has 0 spiro atoms. The number of hydrogen-bond donors (Lipinski definition) is 3. The predicted octanol–water partition coefficient (Wildman–Crippen LogP) is 2.68. The summed E-state index contributed by atoms with van der Waals surface area (Å²) in [7, 11) is 1.50. The first-order valence-electron chi connectivity index (χ1n) is 8.83. The quantitative estimate of drug-likeness (QED) is 0.570. The van der Waals surface area contributed by atoms with Crippen molar-refractivity contribution in [1.82, 2.24) is 10.9 Å². The minimum atomic E-state index is -0.880. The van der Waals surface area contributed by atoms with E-state index in [1.165, 1.54) is 14.0 Å². The average molecular weight is 420 g/mol. The van der Waals surface area contributed by atoms with Crippen LogP contribution in [-0.4, -0.2) is 30.9 Å². The van der Waals surface area contributed by atoms with Gasteiger partial charge in [-0.05, 0) is 31.2 Å². The lowest BCUT2D eigenvalue weighted by atomic mass is 10.2. The zero-order valence-corrected chi connectivity index (χ0v) is 16.8. The number of rotatable bonds is 8. The van der Waals surface area contributed by atoms with Gasteiger partial charge in [0.2, 0.25) is 11.8 Å². The Labute approximate surface area is 173 Å². The van der Waals surface area contributed by atoms with Crippen molar-refractivity contribution in [3.8, 4) is 11.5 Å². The van der Waals surface area contributed by atoms with Gasteiger partial charge >= 0.3 is 0 Å². The van der Waals surface area contributed by atoms with Crippen molar-refractivity contribution < 1.29 is 23.9 Å². The Kier molecular flexibility index (Phi) is 8.29. The zero-order chi connectivity index (χ0) is 21.2. The molecule has 0 heterocycles. The van der Waals surface area contributed by atoms with Gasteiger partial charge in [0.25, 0.3) is 5.91 Å². The Morgan fingerprint density at radius 1 is 0.931 bits per heavy atom. The van der Waals surface area contributed by atoms with E-state index in [1.807, 2.05) is 0 Å².